The van der Waals surface area contributed by atoms with E-state index in [1.807, 2.05) is 40.1 Å². The van der Waals surface area contributed by atoms with Gasteiger partial charge in [-0.1, -0.05) is 91.0 Å². The predicted octanol–water partition coefficient (Wildman–Crippen LogP) is 9.74. The first-order valence-corrected chi connectivity index (χ1v) is 15.9. The molecule has 0 saturated carbocycles. The molecule has 0 spiro atoms. The third kappa shape index (κ3) is 7.29. The van der Waals surface area contributed by atoms with Gasteiger partial charge in [-0.05, 0) is 77.9 Å². The van der Waals surface area contributed by atoms with Crippen LogP contribution in [-0.4, -0.2) is 25.8 Å². The van der Waals surface area contributed by atoms with Gasteiger partial charge in [0.05, 0.1) is 11.3 Å². The van der Waals surface area contributed by atoms with Gasteiger partial charge in [0.1, 0.15) is 0 Å². The van der Waals surface area contributed by atoms with Crippen molar-refractivity contribution in [3.8, 4) is 11.3 Å². The van der Waals surface area contributed by atoms with E-state index in [0.717, 1.165) is 54.4 Å². The molecule has 1 aromatic carbocycles. The number of rotatable bonds is 8. The molecule has 0 saturated heterocycles. The molecular weight excluding hydrogens is 723 g/mol. The first-order chi connectivity index (χ1) is 20.4. The molecule has 0 amide bonds. The number of hydrogen-bond donors (Lipinski definition) is 1. The molecule has 1 radical (unpaired) electrons. The Labute approximate surface area is 277 Å². The molecule has 0 atom stereocenters. The zero-order valence-electron chi connectivity index (χ0n) is 27.8. The fourth-order valence-electron chi connectivity index (χ4n) is 6.44. The summed E-state index contributed by atoms with van der Waals surface area (Å²) < 4.78 is 0. The Kier molecular flexibility index (Phi) is 11.7. The van der Waals surface area contributed by atoms with Crippen LogP contribution in [0.3, 0.4) is 0 Å². The fourth-order valence-corrected chi connectivity index (χ4v) is 6.44. The Hall–Kier alpha value is -2.95. The van der Waals surface area contributed by atoms with Gasteiger partial charge < -0.3 is 10.1 Å². The number of aliphatic hydroxyl groups is 1. The number of allylic oxidation sites excluding steroid dienone is 2. The molecule has 3 heterocycles. The molecular formula is C38H48IrN3O2-. The number of fused-ring (bicyclic) bond motifs is 4. The summed E-state index contributed by atoms with van der Waals surface area (Å²) in [6, 6.07) is 12.1. The number of carbonyl (C=O) groups is 1. The van der Waals surface area contributed by atoms with Crippen molar-refractivity contribution < 1.29 is 30.0 Å². The summed E-state index contributed by atoms with van der Waals surface area (Å²) in [6.07, 6.45) is 11.6. The maximum atomic E-state index is 11.7. The summed E-state index contributed by atoms with van der Waals surface area (Å²) in [5.74, 6) is 0.547. The first kappa shape index (κ1) is 35.5. The number of aliphatic hydroxyl groups excluding tert-OH is 1. The Morgan fingerprint density at radius 2 is 1.61 bits per heavy atom. The van der Waals surface area contributed by atoms with Crippen molar-refractivity contribution in [3.63, 3.8) is 0 Å². The zero-order valence-corrected chi connectivity index (χ0v) is 30.2. The van der Waals surface area contributed by atoms with Gasteiger partial charge in [-0.25, -0.2) is 0 Å². The Balaban J connectivity index is 0.000000286. The van der Waals surface area contributed by atoms with Crippen molar-refractivity contribution in [1.82, 2.24) is 15.0 Å². The zero-order chi connectivity index (χ0) is 31.5. The van der Waals surface area contributed by atoms with Crippen molar-refractivity contribution in [2.24, 2.45) is 17.3 Å². The second-order valence-electron chi connectivity index (χ2n) is 13.6. The van der Waals surface area contributed by atoms with Gasteiger partial charge in [0.25, 0.3) is 0 Å². The van der Waals surface area contributed by atoms with E-state index in [1.54, 1.807) is 6.20 Å². The third-order valence-corrected chi connectivity index (χ3v) is 8.85. The summed E-state index contributed by atoms with van der Waals surface area (Å²) in [5, 5.41) is 12.1. The summed E-state index contributed by atoms with van der Waals surface area (Å²) in [5.41, 5.74) is 7.86. The number of nitrogens with zero attached hydrogens (tertiary/aromatic N) is 3. The summed E-state index contributed by atoms with van der Waals surface area (Å²) >= 11 is 0. The van der Waals surface area contributed by atoms with Crippen LogP contribution in [-0.2, 0) is 36.7 Å². The van der Waals surface area contributed by atoms with E-state index in [9.17, 15) is 9.90 Å². The van der Waals surface area contributed by atoms with Crippen LogP contribution in [0.2, 0.25) is 0 Å². The van der Waals surface area contributed by atoms with Crippen LogP contribution in [0.4, 0.5) is 0 Å². The molecule has 3 aromatic heterocycles. The Morgan fingerprint density at radius 1 is 0.955 bits per heavy atom. The molecule has 1 aliphatic carbocycles. The van der Waals surface area contributed by atoms with Crippen LogP contribution in [0.1, 0.15) is 105 Å². The number of carbonyl (C=O) groups excluding carboxylic acids is 1. The van der Waals surface area contributed by atoms with Gasteiger partial charge >= 0.3 is 0 Å². The predicted molar refractivity (Wildman–Crippen MR) is 178 cm³/mol. The molecule has 4 aromatic rings. The Bertz CT molecular complexity index is 1640. The van der Waals surface area contributed by atoms with E-state index >= 15 is 0 Å². The van der Waals surface area contributed by atoms with Gasteiger partial charge in [-0.3, -0.25) is 14.8 Å². The molecule has 0 bridgehead atoms. The molecule has 6 heteroatoms. The standard InChI is InChI=1S/C25H24N3.C13H24O2.Ir/c1-24(2,3)12-15-11-17-20(27-13-15)14-28-23-16-9-10-26-19-8-6-7-18(21(16)19)25(4,5)22(17)23;1-5-10(6-2)12(14)9-13(15)11(7-3)8-4;/h6-8,10-11,13-14H,12H2,1-5H3;9-11,14H,5-8H2,1-4H3;/q-1;;/b;12-9-;. The van der Waals surface area contributed by atoms with Crippen molar-refractivity contribution in [2.75, 3.05) is 0 Å². The van der Waals surface area contributed by atoms with Crippen molar-refractivity contribution in [3.05, 3.63) is 77.4 Å². The van der Waals surface area contributed by atoms with Crippen LogP contribution in [0.5, 0.6) is 0 Å². The summed E-state index contributed by atoms with van der Waals surface area (Å²) in [6.45, 7) is 19.4. The molecule has 0 aliphatic heterocycles. The number of benzene rings is 1. The quantitative estimate of drug-likeness (QED) is 0.110. The number of ketones is 1. The molecule has 1 aliphatic rings. The van der Waals surface area contributed by atoms with Crippen molar-refractivity contribution in [2.45, 2.75) is 99.8 Å². The molecule has 5 rings (SSSR count). The van der Waals surface area contributed by atoms with Crippen LogP contribution >= 0.6 is 0 Å². The SMILES string of the molecule is CC(C)(C)Cc1cnc2cnc3c(c2c1)C(C)(C)c1cccc2nc[c-]c-3c12.CCC(CC)C(=O)/C=C(\O)C(CC)CC.[Ir]. The molecule has 1 N–H and O–H groups in total. The average Bonchev–Trinajstić information content (AvgIpc) is 2.96. The van der Waals surface area contributed by atoms with E-state index in [0.29, 0.717) is 0 Å². The molecule has 44 heavy (non-hydrogen) atoms. The molecule has 0 fully saturated rings. The molecule has 237 valence electrons. The summed E-state index contributed by atoms with van der Waals surface area (Å²) in [4.78, 5) is 25.9. The minimum Gasteiger partial charge on any atom is -0.512 e. The second kappa shape index (κ2) is 14.4. The topological polar surface area (TPSA) is 76.0 Å². The second-order valence-corrected chi connectivity index (χ2v) is 13.6. The number of pyridine rings is 3. The van der Waals surface area contributed by atoms with Crippen LogP contribution in [0, 0.1) is 23.3 Å². The number of hydrogen-bond acceptors (Lipinski definition) is 5. The van der Waals surface area contributed by atoms with Gasteiger partial charge in [0.2, 0.25) is 0 Å². The van der Waals surface area contributed by atoms with Gasteiger partial charge in [0, 0.05) is 55.9 Å². The fraction of sp³-hybridized carbons (Fsp3) is 0.474. The van der Waals surface area contributed by atoms with Gasteiger partial charge in [-0.2, -0.15) is 11.6 Å². The van der Waals surface area contributed by atoms with Crippen LogP contribution in [0.15, 0.2) is 54.7 Å². The van der Waals surface area contributed by atoms with Crippen LogP contribution < -0.4 is 0 Å². The largest absolute Gasteiger partial charge is 0.512 e. The molecule has 0 unspecified atom stereocenters. The van der Waals surface area contributed by atoms with E-state index in [4.69, 9.17) is 9.97 Å². The average molecular weight is 771 g/mol. The maximum absolute atomic E-state index is 11.7. The molecule has 5 nitrogen and oxygen atoms in total. The normalized spacial score (nSPS) is 13.8. The van der Waals surface area contributed by atoms with E-state index in [1.165, 1.54) is 33.5 Å². The first-order valence-electron chi connectivity index (χ1n) is 15.9. The van der Waals surface area contributed by atoms with Crippen molar-refractivity contribution >= 4 is 27.6 Å². The number of aromatic nitrogens is 3. The van der Waals surface area contributed by atoms with Gasteiger partial charge in [0.15, 0.2) is 5.78 Å². The van der Waals surface area contributed by atoms with Gasteiger partial charge in [-0.15, -0.1) is 0 Å². The minimum absolute atomic E-state index is 0. The Morgan fingerprint density at radius 3 is 2.23 bits per heavy atom. The van der Waals surface area contributed by atoms with E-state index in [2.05, 4.69) is 69.9 Å². The third-order valence-electron chi connectivity index (χ3n) is 8.85. The monoisotopic (exact) mass is 771 g/mol. The smallest absolute Gasteiger partial charge is 0.162 e. The van der Waals surface area contributed by atoms with E-state index in [-0.39, 0.29) is 54.3 Å². The maximum Gasteiger partial charge on any atom is 0.162 e. The van der Waals surface area contributed by atoms with Crippen LogP contribution in [0.25, 0.3) is 33.1 Å². The minimum atomic E-state index is -0.187. The van der Waals surface area contributed by atoms with Crippen molar-refractivity contribution in [1.29, 1.82) is 0 Å². The summed E-state index contributed by atoms with van der Waals surface area (Å²) in [7, 11) is 0. The van der Waals surface area contributed by atoms with E-state index < -0.39 is 0 Å².